The summed E-state index contributed by atoms with van der Waals surface area (Å²) in [6.45, 7) is 4.19. The van der Waals surface area contributed by atoms with Crippen molar-refractivity contribution in [1.29, 1.82) is 0 Å². The Morgan fingerprint density at radius 1 is 1.04 bits per heavy atom. The van der Waals surface area contributed by atoms with Gasteiger partial charge < -0.3 is 9.80 Å². The summed E-state index contributed by atoms with van der Waals surface area (Å²) < 4.78 is 0. The molecule has 2 aliphatic heterocycles. The monoisotopic (exact) mass is 342 g/mol. The van der Waals surface area contributed by atoms with Crippen LogP contribution in [0.3, 0.4) is 0 Å². The predicted molar refractivity (Wildman–Crippen MR) is 99.1 cm³/mol. The number of amides is 2. The highest BCUT2D eigenvalue weighted by molar-refractivity contribution is 5.81. The van der Waals surface area contributed by atoms with Crippen molar-refractivity contribution in [1.82, 2.24) is 9.80 Å². The summed E-state index contributed by atoms with van der Waals surface area (Å²) in [6.07, 6.45) is 6.72. The smallest absolute Gasteiger partial charge is 0.227 e. The van der Waals surface area contributed by atoms with E-state index in [0.29, 0.717) is 19.0 Å². The summed E-state index contributed by atoms with van der Waals surface area (Å²) in [7, 11) is 0. The number of carbonyl (C=O) groups is 2. The first-order valence-corrected chi connectivity index (χ1v) is 9.81. The molecule has 2 heterocycles. The third-order valence-corrected chi connectivity index (χ3v) is 5.65. The fraction of sp³-hybridized carbons (Fsp3) is 0.619. The lowest BCUT2D eigenvalue weighted by atomic mass is 9.91. The number of piperidine rings is 2. The first-order chi connectivity index (χ1) is 12.2. The third kappa shape index (κ3) is 4.42. The van der Waals surface area contributed by atoms with E-state index in [4.69, 9.17) is 0 Å². The molecular weight excluding hydrogens is 312 g/mol. The molecule has 3 rings (SSSR count). The van der Waals surface area contributed by atoms with Crippen molar-refractivity contribution in [3.05, 3.63) is 35.9 Å². The molecule has 0 aliphatic carbocycles. The van der Waals surface area contributed by atoms with Crippen LogP contribution in [-0.2, 0) is 16.0 Å². The van der Waals surface area contributed by atoms with Crippen LogP contribution in [0.5, 0.6) is 0 Å². The van der Waals surface area contributed by atoms with Crippen molar-refractivity contribution in [3.8, 4) is 0 Å². The summed E-state index contributed by atoms with van der Waals surface area (Å²) in [5, 5.41) is 0. The lowest BCUT2D eigenvalue weighted by Crippen LogP contribution is -2.51. The van der Waals surface area contributed by atoms with Crippen LogP contribution in [0.2, 0.25) is 0 Å². The molecule has 4 heteroatoms. The van der Waals surface area contributed by atoms with Gasteiger partial charge in [-0.3, -0.25) is 9.59 Å². The van der Waals surface area contributed by atoms with Gasteiger partial charge in [-0.25, -0.2) is 0 Å². The fourth-order valence-corrected chi connectivity index (χ4v) is 4.25. The minimum Gasteiger partial charge on any atom is -0.342 e. The molecule has 136 valence electrons. The molecule has 2 unspecified atom stereocenters. The lowest BCUT2D eigenvalue weighted by Gasteiger charge is -2.40. The van der Waals surface area contributed by atoms with Crippen LogP contribution in [0.25, 0.3) is 0 Å². The van der Waals surface area contributed by atoms with Crippen LogP contribution in [0.15, 0.2) is 30.3 Å². The van der Waals surface area contributed by atoms with Crippen molar-refractivity contribution >= 4 is 11.8 Å². The number of nitrogens with zero attached hydrogens (tertiary/aromatic N) is 2. The number of benzene rings is 1. The van der Waals surface area contributed by atoms with E-state index in [1.807, 2.05) is 17.9 Å². The Hall–Kier alpha value is -1.84. The van der Waals surface area contributed by atoms with Gasteiger partial charge in [0.05, 0.1) is 5.92 Å². The Kier molecular flexibility index (Phi) is 6.11. The van der Waals surface area contributed by atoms with Gasteiger partial charge in [-0.1, -0.05) is 37.3 Å². The summed E-state index contributed by atoms with van der Waals surface area (Å²) in [5.41, 5.74) is 1.30. The van der Waals surface area contributed by atoms with Gasteiger partial charge in [-0.2, -0.15) is 0 Å². The molecule has 2 fully saturated rings. The molecule has 0 bridgehead atoms. The van der Waals surface area contributed by atoms with E-state index in [1.54, 1.807) is 0 Å². The molecule has 0 aromatic heterocycles. The van der Waals surface area contributed by atoms with Gasteiger partial charge in [0.2, 0.25) is 11.8 Å². The number of carbonyl (C=O) groups excluding carboxylic acids is 2. The van der Waals surface area contributed by atoms with Crippen LogP contribution in [0, 0.1) is 5.92 Å². The predicted octanol–water partition coefficient (Wildman–Crippen LogP) is 3.26. The second-order valence-corrected chi connectivity index (χ2v) is 7.40. The van der Waals surface area contributed by atoms with Crippen molar-refractivity contribution in [2.45, 2.75) is 57.9 Å². The number of hydrogen-bond acceptors (Lipinski definition) is 2. The first kappa shape index (κ1) is 18.0. The molecule has 0 N–H and O–H groups in total. The molecule has 2 saturated heterocycles. The number of hydrogen-bond donors (Lipinski definition) is 0. The van der Waals surface area contributed by atoms with Crippen LogP contribution in [0.1, 0.15) is 51.0 Å². The van der Waals surface area contributed by atoms with Crippen molar-refractivity contribution in [2.24, 2.45) is 5.92 Å². The minimum atomic E-state index is -0.0133. The van der Waals surface area contributed by atoms with E-state index in [-0.39, 0.29) is 17.7 Å². The van der Waals surface area contributed by atoms with E-state index in [0.717, 1.165) is 45.2 Å². The minimum absolute atomic E-state index is 0.0133. The zero-order valence-electron chi connectivity index (χ0n) is 15.3. The average Bonchev–Trinajstić information content (AvgIpc) is 2.68. The molecule has 4 nitrogen and oxygen atoms in total. The van der Waals surface area contributed by atoms with E-state index in [1.165, 1.54) is 12.0 Å². The van der Waals surface area contributed by atoms with Crippen LogP contribution >= 0.6 is 0 Å². The molecule has 0 radical (unpaired) electrons. The fourth-order valence-electron chi connectivity index (χ4n) is 4.25. The van der Waals surface area contributed by atoms with Crippen molar-refractivity contribution in [3.63, 3.8) is 0 Å². The summed E-state index contributed by atoms with van der Waals surface area (Å²) >= 11 is 0. The van der Waals surface area contributed by atoms with Gasteiger partial charge in [-0.15, -0.1) is 0 Å². The molecule has 1 aromatic rings. The van der Waals surface area contributed by atoms with E-state index < -0.39 is 0 Å². The molecular formula is C21H30N2O2. The summed E-state index contributed by atoms with van der Waals surface area (Å²) in [6, 6.07) is 10.8. The molecule has 2 amide bonds. The molecule has 25 heavy (non-hydrogen) atoms. The quantitative estimate of drug-likeness (QED) is 0.843. The Balaban J connectivity index is 1.67. The zero-order valence-corrected chi connectivity index (χ0v) is 15.3. The first-order valence-electron chi connectivity index (χ1n) is 9.81. The topological polar surface area (TPSA) is 40.6 Å². The maximum Gasteiger partial charge on any atom is 0.227 e. The number of likely N-dealkylation sites (tertiary alicyclic amines) is 2. The lowest BCUT2D eigenvalue weighted by molar-refractivity contribution is -0.143. The van der Waals surface area contributed by atoms with Crippen molar-refractivity contribution in [2.75, 3.05) is 19.6 Å². The van der Waals surface area contributed by atoms with E-state index in [9.17, 15) is 9.59 Å². The zero-order chi connectivity index (χ0) is 17.6. The molecule has 0 saturated carbocycles. The standard InChI is InChI=1S/C21H30N2O2/c1-2-20(24)22-13-8-11-18(16-22)21(25)23-14-7-6-12-19(23)15-17-9-4-3-5-10-17/h3-5,9-10,18-19H,2,6-8,11-16H2,1H3. The summed E-state index contributed by atoms with van der Waals surface area (Å²) in [5.74, 6) is 0.437. The van der Waals surface area contributed by atoms with Crippen LogP contribution < -0.4 is 0 Å². The van der Waals surface area contributed by atoms with Gasteiger partial charge in [0.15, 0.2) is 0 Å². The highest BCUT2D eigenvalue weighted by Gasteiger charge is 2.34. The second kappa shape index (κ2) is 8.50. The van der Waals surface area contributed by atoms with Crippen LogP contribution in [-0.4, -0.2) is 47.3 Å². The van der Waals surface area contributed by atoms with Gasteiger partial charge in [0.25, 0.3) is 0 Å². The third-order valence-electron chi connectivity index (χ3n) is 5.65. The van der Waals surface area contributed by atoms with Gasteiger partial charge in [-0.05, 0) is 44.1 Å². The largest absolute Gasteiger partial charge is 0.342 e. The molecule has 0 spiro atoms. The van der Waals surface area contributed by atoms with Crippen molar-refractivity contribution < 1.29 is 9.59 Å². The highest BCUT2D eigenvalue weighted by Crippen LogP contribution is 2.26. The van der Waals surface area contributed by atoms with Gasteiger partial charge in [0.1, 0.15) is 0 Å². The Morgan fingerprint density at radius 3 is 2.60 bits per heavy atom. The molecule has 1 aromatic carbocycles. The Labute approximate surface area is 151 Å². The van der Waals surface area contributed by atoms with E-state index >= 15 is 0 Å². The highest BCUT2D eigenvalue weighted by atomic mass is 16.2. The maximum atomic E-state index is 13.2. The molecule has 2 aliphatic rings. The Bertz CT molecular complexity index is 587. The Morgan fingerprint density at radius 2 is 1.84 bits per heavy atom. The summed E-state index contributed by atoms with van der Waals surface area (Å²) in [4.78, 5) is 29.2. The molecule has 2 atom stereocenters. The van der Waals surface area contributed by atoms with Gasteiger partial charge >= 0.3 is 0 Å². The SMILES string of the molecule is CCC(=O)N1CCCC(C(=O)N2CCCCC2Cc2ccccc2)C1. The maximum absolute atomic E-state index is 13.2. The number of rotatable bonds is 4. The van der Waals surface area contributed by atoms with E-state index in [2.05, 4.69) is 29.2 Å². The van der Waals surface area contributed by atoms with Gasteiger partial charge in [0, 0.05) is 32.1 Å². The second-order valence-electron chi connectivity index (χ2n) is 7.40. The van der Waals surface area contributed by atoms with Crippen LogP contribution in [0.4, 0.5) is 0 Å². The normalized spacial score (nSPS) is 24.2. The average molecular weight is 342 g/mol.